The van der Waals surface area contributed by atoms with E-state index in [1.807, 2.05) is 18.2 Å². The van der Waals surface area contributed by atoms with Gasteiger partial charge < -0.3 is 15.4 Å². The summed E-state index contributed by atoms with van der Waals surface area (Å²) in [4.78, 5) is 13.8. The molecule has 4 heteroatoms. The number of ether oxygens (including phenoxy) is 1. The number of rotatable bonds is 4. The minimum absolute atomic E-state index is 0.353. The normalized spacial score (nSPS) is 17.1. The monoisotopic (exact) mass is 262 g/mol. The van der Waals surface area contributed by atoms with Crippen LogP contribution in [0.5, 0.6) is 0 Å². The summed E-state index contributed by atoms with van der Waals surface area (Å²) in [5.41, 5.74) is 8.20. The third-order valence-electron chi connectivity index (χ3n) is 3.63. The summed E-state index contributed by atoms with van der Waals surface area (Å²) in [7, 11) is 1.37. The highest BCUT2D eigenvalue weighted by Gasteiger charge is 2.19. The fraction of sp³-hybridized carbons (Fsp3) is 0.533. The van der Waals surface area contributed by atoms with Gasteiger partial charge in [-0.05, 0) is 30.9 Å². The zero-order valence-corrected chi connectivity index (χ0v) is 11.5. The number of anilines is 1. The van der Waals surface area contributed by atoms with Gasteiger partial charge in [-0.2, -0.15) is 0 Å². The fourth-order valence-corrected chi connectivity index (χ4v) is 2.60. The predicted octanol–water partition coefficient (Wildman–Crippen LogP) is 1.72. The molecule has 1 aliphatic rings. The summed E-state index contributed by atoms with van der Waals surface area (Å²) in [6.07, 6.45) is 4.30. The van der Waals surface area contributed by atoms with Gasteiger partial charge in [0.2, 0.25) is 0 Å². The van der Waals surface area contributed by atoms with Gasteiger partial charge >= 0.3 is 5.97 Å². The van der Waals surface area contributed by atoms with Crippen LogP contribution >= 0.6 is 0 Å². The number of piperidine rings is 1. The molecule has 1 aromatic rings. The molecule has 2 rings (SSSR count). The van der Waals surface area contributed by atoms with E-state index in [2.05, 4.69) is 11.0 Å². The molecule has 0 aromatic heterocycles. The van der Waals surface area contributed by atoms with Crippen molar-refractivity contribution in [1.29, 1.82) is 0 Å². The number of nitrogens with two attached hydrogens (primary N) is 1. The van der Waals surface area contributed by atoms with E-state index in [9.17, 15) is 4.79 Å². The first-order valence-corrected chi connectivity index (χ1v) is 6.88. The highest BCUT2D eigenvalue weighted by molar-refractivity contribution is 5.76. The Balaban J connectivity index is 2.13. The van der Waals surface area contributed by atoms with E-state index >= 15 is 0 Å². The Morgan fingerprint density at radius 2 is 2.00 bits per heavy atom. The van der Waals surface area contributed by atoms with Gasteiger partial charge in [0.25, 0.3) is 0 Å². The number of benzene rings is 1. The molecule has 1 saturated heterocycles. The van der Waals surface area contributed by atoms with Gasteiger partial charge in [0.1, 0.15) is 6.04 Å². The van der Waals surface area contributed by atoms with E-state index in [-0.39, 0.29) is 5.97 Å². The number of para-hydroxylation sites is 1. The SMILES string of the molecule is COC(=O)C(N)Cc1ccccc1N1CCCCC1. The number of esters is 1. The molecule has 0 bridgehead atoms. The molecule has 4 nitrogen and oxygen atoms in total. The second-order valence-corrected chi connectivity index (χ2v) is 5.01. The maximum atomic E-state index is 11.4. The maximum absolute atomic E-state index is 11.4. The number of carbonyl (C=O) groups excluding carboxylic acids is 1. The summed E-state index contributed by atoms with van der Waals surface area (Å²) in [6, 6.07) is 7.61. The number of carbonyl (C=O) groups is 1. The Morgan fingerprint density at radius 1 is 1.32 bits per heavy atom. The van der Waals surface area contributed by atoms with Crippen LogP contribution in [0.1, 0.15) is 24.8 Å². The Labute approximate surface area is 114 Å². The molecule has 1 fully saturated rings. The summed E-state index contributed by atoms with van der Waals surface area (Å²) in [5.74, 6) is -0.353. The topological polar surface area (TPSA) is 55.6 Å². The highest BCUT2D eigenvalue weighted by Crippen LogP contribution is 2.25. The van der Waals surface area contributed by atoms with E-state index in [1.54, 1.807) is 0 Å². The Bertz CT molecular complexity index is 428. The number of methoxy groups -OCH3 is 1. The van der Waals surface area contributed by atoms with Crippen molar-refractivity contribution >= 4 is 11.7 Å². The first-order valence-electron chi connectivity index (χ1n) is 6.88. The summed E-state index contributed by atoms with van der Waals surface area (Å²) in [6.45, 7) is 2.18. The van der Waals surface area contributed by atoms with Crippen LogP contribution in [0, 0.1) is 0 Å². The third-order valence-corrected chi connectivity index (χ3v) is 3.63. The quantitative estimate of drug-likeness (QED) is 0.839. The van der Waals surface area contributed by atoms with Crippen LogP contribution in [0.25, 0.3) is 0 Å². The van der Waals surface area contributed by atoms with Crippen molar-refractivity contribution in [3.8, 4) is 0 Å². The molecule has 0 radical (unpaired) electrons. The van der Waals surface area contributed by atoms with Gasteiger partial charge in [-0.25, -0.2) is 0 Å². The average Bonchev–Trinajstić information content (AvgIpc) is 2.47. The summed E-state index contributed by atoms with van der Waals surface area (Å²) < 4.78 is 4.69. The molecular formula is C15H22N2O2. The first-order chi connectivity index (χ1) is 9.22. The lowest BCUT2D eigenvalue weighted by Crippen LogP contribution is -2.35. The van der Waals surface area contributed by atoms with E-state index in [4.69, 9.17) is 10.5 Å². The molecule has 19 heavy (non-hydrogen) atoms. The summed E-state index contributed by atoms with van der Waals surface area (Å²) in [5, 5.41) is 0. The second-order valence-electron chi connectivity index (χ2n) is 5.01. The fourth-order valence-electron chi connectivity index (χ4n) is 2.60. The minimum Gasteiger partial charge on any atom is -0.468 e. The third kappa shape index (κ3) is 3.47. The van der Waals surface area contributed by atoms with E-state index < -0.39 is 6.04 Å². The van der Waals surface area contributed by atoms with Crippen LogP contribution in [0.3, 0.4) is 0 Å². The lowest BCUT2D eigenvalue weighted by Gasteiger charge is -2.31. The van der Waals surface area contributed by atoms with Gasteiger partial charge in [0.05, 0.1) is 7.11 Å². The largest absolute Gasteiger partial charge is 0.468 e. The molecule has 104 valence electrons. The minimum atomic E-state index is -0.587. The molecular weight excluding hydrogens is 240 g/mol. The van der Waals surface area contributed by atoms with Crippen LogP contribution in [0.4, 0.5) is 5.69 Å². The van der Waals surface area contributed by atoms with E-state index in [0.29, 0.717) is 6.42 Å². The van der Waals surface area contributed by atoms with Crippen LogP contribution in [0.15, 0.2) is 24.3 Å². The van der Waals surface area contributed by atoms with Crippen LogP contribution in [-0.4, -0.2) is 32.2 Å². The standard InChI is InChI=1S/C15H22N2O2/c1-19-15(18)13(16)11-12-7-3-4-8-14(12)17-9-5-2-6-10-17/h3-4,7-8,13H,2,5-6,9-11,16H2,1H3. The van der Waals surface area contributed by atoms with E-state index in [0.717, 1.165) is 18.7 Å². The zero-order valence-electron chi connectivity index (χ0n) is 11.5. The molecule has 2 N–H and O–H groups in total. The number of hydrogen-bond donors (Lipinski definition) is 1. The van der Waals surface area contributed by atoms with Crippen LogP contribution < -0.4 is 10.6 Å². The lowest BCUT2D eigenvalue weighted by molar-refractivity contribution is -0.142. The molecule has 0 amide bonds. The Hall–Kier alpha value is -1.55. The number of hydrogen-bond acceptors (Lipinski definition) is 4. The van der Waals surface area contributed by atoms with Gasteiger partial charge in [-0.1, -0.05) is 18.2 Å². The van der Waals surface area contributed by atoms with Gasteiger partial charge in [-0.15, -0.1) is 0 Å². The Kier molecular flexibility index (Phi) is 4.80. The number of nitrogens with zero attached hydrogens (tertiary/aromatic N) is 1. The van der Waals surface area contributed by atoms with Crippen molar-refractivity contribution in [1.82, 2.24) is 0 Å². The van der Waals surface area contributed by atoms with Crippen LogP contribution in [0.2, 0.25) is 0 Å². The van der Waals surface area contributed by atoms with Crippen LogP contribution in [-0.2, 0) is 16.0 Å². The molecule has 1 unspecified atom stereocenters. The van der Waals surface area contributed by atoms with Crippen molar-refractivity contribution in [2.75, 3.05) is 25.1 Å². The van der Waals surface area contributed by atoms with Crippen molar-refractivity contribution in [3.63, 3.8) is 0 Å². The molecule has 0 aliphatic carbocycles. The van der Waals surface area contributed by atoms with Crippen molar-refractivity contribution < 1.29 is 9.53 Å². The molecule has 1 heterocycles. The first kappa shape index (κ1) is 13.9. The lowest BCUT2D eigenvalue weighted by atomic mass is 10.0. The molecule has 1 atom stereocenters. The van der Waals surface area contributed by atoms with E-state index in [1.165, 1.54) is 32.1 Å². The molecule has 1 aliphatic heterocycles. The predicted molar refractivity (Wildman–Crippen MR) is 76.2 cm³/mol. The average molecular weight is 262 g/mol. The Morgan fingerprint density at radius 3 is 2.68 bits per heavy atom. The molecule has 0 saturated carbocycles. The van der Waals surface area contributed by atoms with Gasteiger partial charge in [-0.3, -0.25) is 4.79 Å². The summed E-state index contributed by atoms with van der Waals surface area (Å²) >= 11 is 0. The molecule has 1 aromatic carbocycles. The van der Waals surface area contributed by atoms with Crippen molar-refractivity contribution in [2.45, 2.75) is 31.7 Å². The molecule has 0 spiro atoms. The smallest absolute Gasteiger partial charge is 0.322 e. The zero-order chi connectivity index (χ0) is 13.7. The highest BCUT2D eigenvalue weighted by atomic mass is 16.5. The van der Waals surface area contributed by atoms with Gasteiger partial charge in [0, 0.05) is 25.2 Å². The second kappa shape index (κ2) is 6.57. The van der Waals surface area contributed by atoms with Gasteiger partial charge in [0.15, 0.2) is 0 Å². The van der Waals surface area contributed by atoms with Crippen molar-refractivity contribution in [2.24, 2.45) is 5.73 Å². The van der Waals surface area contributed by atoms with Crippen molar-refractivity contribution in [3.05, 3.63) is 29.8 Å². The maximum Gasteiger partial charge on any atom is 0.322 e.